The number of aryl methyl sites for hydroxylation is 2. The van der Waals surface area contributed by atoms with Crippen molar-refractivity contribution in [2.45, 2.75) is 77.7 Å². The zero-order valence-electron chi connectivity index (χ0n) is 14.0. The van der Waals surface area contributed by atoms with Gasteiger partial charge in [0.15, 0.2) is 0 Å². The summed E-state index contributed by atoms with van der Waals surface area (Å²) in [6, 6.07) is 3.64. The normalized spacial score (nSPS) is 28.0. The third-order valence-corrected chi connectivity index (χ3v) is 5.70. The molecule has 3 rings (SSSR count). The summed E-state index contributed by atoms with van der Waals surface area (Å²) in [4.78, 5) is 0. The van der Waals surface area contributed by atoms with Crippen molar-refractivity contribution >= 4 is 0 Å². The van der Waals surface area contributed by atoms with Gasteiger partial charge in [-0.1, -0.05) is 39.5 Å². The molecule has 2 heteroatoms. The molecule has 0 amide bonds. The maximum absolute atomic E-state index is 14.0. The number of fused-ring (bicyclic) bond motifs is 1. The van der Waals surface area contributed by atoms with E-state index in [1.165, 1.54) is 44.1 Å². The van der Waals surface area contributed by atoms with Crippen molar-refractivity contribution < 1.29 is 9.13 Å². The second kappa shape index (κ2) is 7.02. The van der Waals surface area contributed by atoms with Gasteiger partial charge >= 0.3 is 0 Å². The Morgan fingerprint density at radius 1 is 1.09 bits per heavy atom. The van der Waals surface area contributed by atoms with E-state index in [2.05, 4.69) is 6.92 Å². The van der Waals surface area contributed by atoms with Crippen LogP contribution in [0.15, 0.2) is 12.1 Å². The van der Waals surface area contributed by atoms with E-state index in [0.717, 1.165) is 36.5 Å². The van der Waals surface area contributed by atoms with Crippen molar-refractivity contribution in [1.82, 2.24) is 0 Å². The summed E-state index contributed by atoms with van der Waals surface area (Å²) in [6.07, 6.45) is 11.2. The van der Waals surface area contributed by atoms with Crippen LogP contribution < -0.4 is 4.74 Å². The van der Waals surface area contributed by atoms with Gasteiger partial charge in [-0.3, -0.25) is 0 Å². The first-order chi connectivity index (χ1) is 10.7. The molecule has 122 valence electrons. The Morgan fingerprint density at radius 3 is 2.55 bits per heavy atom. The lowest BCUT2D eigenvalue weighted by Gasteiger charge is -2.36. The van der Waals surface area contributed by atoms with E-state index in [4.69, 9.17) is 4.74 Å². The van der Waals surface area contributed by atoms with E-state index in [0.29, 0.717) is 12.0 Å². The first kappa shape index (κ1) is 15.8. The smallest absolute Gasteiger partial charge is 0.130 e. The lowest BCUT2D eigenvalue weighted by molar-refractivity contribution is 0.0754. The van der Waals surface area contributed by atoms with Gasteiger partial charge < -0.3 is 4.74 Å². The minimum absolute atomic E-state index is 0.103. The summed E-state index contributed by atoms with van der Waals surface area (Å²) in [7, 11) is 0. The molecular formula is C20H29FO. The second-order valence-electron chi connectivity index (χ2n) is 7.17. The van der Waals surface area contributed by atoms with Gasteiger partial charge in [0.05, 0.1) is 0 Å². The minimum Gasteiger partial charge on any atom is -0.490 e. The molecule has 1 nitrogen and oxygen atoms in total. The monoisotopic (exact) mass is 304 g/mol. The molecule has 1 fully saturated rings. The highest BCUT2D eigenvalue weighted by molar-refractivity contribution is 5.40. The van der Waals surface area contributed by atoms with E-state index in [1.807, 2.05) is 13.0 Å². The molecule has 0 bridgehead atoms. The van der Waals surface area contributed by atoms with Crippen molar-refractivity contribution in [3.8, 4) is 5.75 Å². The van der Waals surface area contributed by atoms with Crippen molar-refractivity contribution in [3.05, 3.63) is 29.1 Å². The summed E-state index contributed by atoms with van der Waals surface area (Å²) in [5.41, 5.74) is 2.02. The van der Waals surface area contributed by atoms with Gasteiger partial charge in [-0.15, -0.1) is 0 Å². The molecule has 1 saturated carbocycles. The molecule has 1 aliphatic heterocycles. The number of benzene rings is 1. The van der Waals surface area contributed by atoms with Gasteiger partial charge in [0.1, 0.15) is 17.7 Å². The Bertz CT molecular complexity index is 503. The molecular weight excluding hydrogens is 275 g/mol. The lowest BCUT2D eigenvalue weighted by atomic mass is 9.76. The fourth-order valence-corrected chi connectivity index (χ4v) is 4.34. The lowest BCUT2D eigenvalue weighted by Crippen LogP contribution is -2.33. The maximum atomic E-state index is 14.0. The summed E-state index contributed by atoms with van der Waals surface area (Å²) in [5.74, 6) is 2.31. The van der Waals surface area contributed by atoms with E-state index in [9.17, 15) is 4.39 Å². The highest BCUT2D eigenvalue weighted by atomic mass is 19.1. The van der Waals surface area contributed by atoms with Gasteiger partial charge in [-0.2, -0.15) is 0 Å². The molecule has 0 radical (unpaired) electrons. The summed E-state index contributed by atoms with van der Waals surface area (Å²) >= 11 is 0. The van der Waals surface area contributed by atoms with Gasteiger partial charge in [-0.05, 0) is 61.1 Å². The third kappa shape index (κ3) is 3.31. The standard InChI is InChI=1S/C20H29FO/c1-3-5-14-6-8-16(9-7-14)19-11-10-17-12-15(4-2)18(21)13-20(17)22-19/h12-14,16,19H,3-11H2,1-2H3. The van der Waals surface area contributed by atoms with Crippen LogP contribution in [0.1, 0.15) is 69.9 Å². The van der Waals surface area contributed by atoms with Gasteiger partial charge in [0.2, 0.25) is 0 Å². The predicted octanol–water partition coefficient (Wildman–Crippen LogP) is 5.69. The van der Waals surface area contributed by atoms with Crippen molar-refractivity contribution in [2.24, 2.45) is 11.8 Å². The van der Waals surface area contributed by atoms with Crippen LogP contribution in [0.3, 0.4) is 0 Å². The fourth-order valence-electron chi connectivity index (χ4n) is 4.34. The molecule has 1 aliphatic carbocycles. The Kier molecular flexibility index (Phi) is 5.05. The van der Waals surface area contributed by atoms with Crippen molar-refractivity contribution in [3.63, 3.8) is 0 Å². The first-order valence-corrected chi connectivity index (χ1v) is 9.19. The SMILES string of the molecule is CCCC1CCC(C2CCc3cc(CC)c(F)cc3O2)CC1. The number of rotatable bonds is 4. The molecule has 0 N–H and O–H groups in total. The molecule has 1 aromatic rings. The third-order valence-electron chi connectivity index (χ3n) is 5.70. The van der Waals surface area contributed by atoms with Gasteiger partial charge in [0, 0.05) is 6.07 Å². The fraction of sp³-hybridized carbons (Fsp3) is 0.700. The van der Waals surface area contributed by atoms with Crippen molar-refractivity contribution in [1.29, 1.82) is 0 Å². The maximum Gasteiger partial charge on any atom is 0.130 e. The van der Waals surface area contributed by atoms with E-state index < -0.39 is 0 Å². The van der Waals surface area contributed by atoms with Crippen LogP contribution in [0.2, 0.25) is 0 Å². The zero-order valence-corrected chi connectivity index (χ0v) is 14.0. The molecule has 1 unspecified atom stereocenters. The molecule has 1 aromatic carbocycles. The Hall–Kier alpha value is -1.05. The molecule has 0 saturated heterocycles. The summed E-state index contributed by atoms with van der Waals surface area (Å²) in [6.45, 7) is 4.29. The number of hydrogen-bond acceptors (Lipinski definition) is 1. The molecule has 1 atom stereocenters. The van der Waals surface area contributed by atoms with Crippen LogP contribution in [-0.2, 0) is 12.8 Å². The van der Waals surface area contributed by atoms with Crippen LogP contribution in [0.4, 0.5) is 4.39 Å². The first-order valence-electron chi connectivity index (χ1n) is 9.19. The van der Waals surface area contributed by atoms with Crippen LogP contribution in [0, 0.1) is 17.7 Å². The van der Waals surface area contributed by atoms with E-state index in [-0.39, 0.29) is 5.82 Å². The van der Waals surface area contributed by atoms with Crippen LogP contribution in [-0.4, -0.2) is 6.10 Å². The highest BCUT2D eigenvalue weighted by Gasteiger charge is 2.31. The highest BCUT2D eigenvalue weighted by Crippen LogP contribution is 2.39. The minimum atomic E-state index is -0.103. The summed E-state index contributed by atoms with van der Waals surface area (Å²) < 4.78 is 20.2. The Balaban J connectivity index is 1.64. The molecule has 1 heterocycles. The molecule has 0 aromatic heterocycles. The Morgan fingerprint density at radius 2 is 1.86 bits per heavy atom. The number of hydrogen-bond donors (Lipinski definition) is 0. The average molecular weight is 304 g/mol. The average Bonchev–Trinajstić information content (AvgIpc) is 2.54. The van der Waals surface area contributed by atoms with Crippen LogP contribution in [0.5, 0.6) is 5.75 Å². The van der Waals surface area contributed by atoms with E-state index in [1.54, 1.807) is 6.07 Å². The molecule has 0 spiro atoms. The van der Waals surface area contributed by atoms with Crippen LogP contribution >= 0.6 is 0 Å². The quantitative estimate of drug-likeness (QED) is 0.694. The second-order valence-corrected chi connectivity index (χ2v) is 7.17. The molecule has 2 aliphatic rings. The van der Waals surface area contributed by atoms with Crippen LogP contribution in [0.25, 0.3) is 0 Å². The van der Waals surface area contributed by atoms with Crippen molar-refractivity contribution in [2.75, 3.05) is 0 Å². The topological polar surface area (TPSA) is 9.23 Å². The number of ether oxygens (including phenoxy) is 1. The molecule has 22 heavy (non-hydrogen) atoms. The van der Waals surface area contributed by atoms with Gasteiger partial charge in [-0.25, -0.2) is 4.39 Å². The predicted molar refractivity (Wildman–Crippen MR) is 88.9 cm³/mol. The largest absolute Gasteiger partial charge is 0.490 e. The summed E-state index contributed by atoms with van der Waals surface area (Å²) in [5, 5.41) is 0. The van der Waals surface area contributed by atoms with E-state index >= 15 is 0 Å². The zero-order chi connectivity index (χ0) is 15.5. The van der Waals surface area contributed by atoms with Gasteiger partial charge in [0.25, 0.3) is 0 Å². The Labute approximate surface area is 134 Å². The number of halogens is 1.